The largest absolute Gasteiger partial charge is 0.338 e. The predicted octanol–water partition coefficient (Wildman–Crippen LogP) is 2.70. The summed E-state index contributed by atoms with van der Waals surface area (Å²) in [5.74, 6) is -1.64. The topological polar surface area (TPSA) is 32.3 Å². The van der Waals surface area contributed by atoms with E-state index >= 15 is 0 Å². The van der Waals surface area contributed by atoms with Gasteiger partial charge in [0.05, 0.1) is 0 Å². The number of hydrogen-bond donors (Lipinski definition) is 1. The van der Waals surface area contributed by atoms with E-state index in [1.807, 2.05) is 13.8 Å². The molecule has 116 valence electrons. The summed E-state index contributed by atoms with van der Waals surface area (Å²) in [6.07, 6.45) is 1.61. The lowest BCUT2D eigenvalue weighted by molar-refractivity contribution is -0.143. The molecule has 0 spiro atoms. The van der Waals surface area contributed by atoms with Gasteiger partial charge in [0.2, 0.25) is 5.91 Å². The lowest BCUT2D eigenvalue weighted by Crippen LogP contribution is -2.47. The molecule has 5 heteroatoms. The Morgan fingerprint density at radius 1 is 1.29 bits per heavy atom. The summed E-state index contributed by atoms with van der Waals surface area (Å²) >= 11 is 0. The Kier molecular flexibility index (Phi) is 4.93. The van der Waals surface area contributed by atoms with Gasteiger partial charge in [0.15, 0.2) is 11.6 Å². The van der Waals surface area contributed by atoms with Gasteiger partial charge >= 0.3 is 0 Å². The second-order valence-corrected chi connectivity index (χ2v) is 5.88. The van der Waals surface area contributed by atoms with E-state index in [0.29, 0.717) is 18.7 Å². The van der Waals surface area contributed by atoms with Crippen molar-refractivity contribution in [2.75, 3.05) is 19.6 Å². The van der Waals surface area contributed by atoms with Crippen LogP contribution in [0.1, 0.15) is 32.3 Å². The van der Waals surface area contributed by atoms with Crippen LogP contribution in [0.3, 0.4) is 0 Å². The van der Waals surface area contributed by atoms with Gasteiger partial charge in [0.1, 0.15) is 0 Å². The highest BCUT2D eigenvalue weighted by Gasteiger charge is 2.37. The van der Waals surface area contributed by atoms with Crippen molar-refractivity contribution >= 4 is 5.91 Å². The van der Waals surface area contributed by atoms with Crippen LogP contribution in [0, 0.1) is 17.0 Å². The number of nitrogens with zero attached hydrogens (tertiary/aromatic N) is 1. The second kappa shape index (κ2) is 6.52. The molecule has 0 bridgehead atoms. The fourth-order valence-corrected chi connectivity index (χ4v) is 2.76. The molecule has 1 aromatic carbocycles. The number of carbonyl (C=O) groups excluding carboxylic acids is 1. The Hall–Kier alpha value is -1.49. The van der Waals surface area contributed by atoms with Crippen LogP contribution >= 0.6 is 0 Å². The monoisotopic (exact) mass is 296 g/mol. The van der Waals surface area contributed by atoms with Crippen molar-refractivity contribution in [3.05, 3.63) is 35.4 Å². The first-order valence-corrected chi connectivity index (χ1v) is 7.40. The first kappa shape index (κ1) is 15.9. The molecule has 1 heterocycles. The Labute approximate surface area is 124 Å². The maximum absolute atomic E-state index is 13.3. The highest BCUT2D eigenvalue weighted by Crippen LogP contribution is 2.31. The van der Waals surface area contributed by atoms with Gasteiger partial charge in [-0.15, -0.1) is 0 Å². The smallest absolute Gasteiger partial charge is 0.228 e. The average Bonchev–Trinajstić information content (AvgIpc) is 2.48. The van der Waals surface area contributed by atoms with E-state index < -0.39 is 11.6 Å². The summed E-state index contributed by atoms with van der Waals surface area (Å²) in [7, 11) is 0. The van der Waals surface area contributed by atoms with Crippen molar-refractivity contribution in [3.8, 4) is 0 Å². The Balaban J connectivity index is 2.11. The minimum Gasteiger partial charge on any atom is -0.338 e. The van der Waals surface area contributed by atoms with Crippen LogP contribution < -0.4 is 5.32 Å². The standard InChI is InChI=1S/C16H22F2N2O/c1-3-20(11-12-4-5-13(17)14(18)10-12)15(21)16(2)6-8-19-9-7-16/h4-5,10,19H,3,6-9,11H2,1-2H3. The van der Waals surface area contributed by atoms with Crippen LogP contribution in [0.25, 0.3) is 0 Å². The van der Waals surface area contributed by atoms with Gasteiger partial charge in [-0.1, -0.05) is 13.0 Å². The van der Waals surface area contributed by atoms with Gasteiger partial charge in [-0.2, -0.15) is 0 Å². The van der Waals surface area contributed by atoms with E-state index in [9.17, 15) is 13.6 Å². The minimum absolute atomic E-state index is 0.0937. The zero-order valence-electron chi connectivity index (χ0n) is 12.6. The van der Waals surface area contributed by atoms with Crippen molar-refractivity contribution < 1.29 is 13.6 Å². The molecular weight excluding hydrogens is 274 g/mol. The molecule has 0 aliphatic carbocycles. The van der Waals surface area contributed by atoms with Gasteiger partial charge in [-0.3, -0.25) is 4.79 Å². The predicted molar refractivity (Wildman–Crippen MR) is 77.7 cm³/mol. The van der Waals surface area contributed by atoms with Crippen LogP contribution in [-0.2, 0) is 11.3 Å². The van der Waals surface area contributed by atoms with Crippen LogP contribution in [0.5, 0.6) is 0 Å². The van der Waals surface area contributed by atoms with Gasteiger partial charge in [0, 0.05) is 18.5 Å². The third kappa shape index (κ3) is 3.59. The average molecular weight is 296 g/mol. The SMILES string of the molecule is CCN(Cc1ccc(F)c(F)c1)C(=O)C1(C)CCNCC1. The Morgan fingerprint density at radius 3 is 2.52 bits per heavy atom. The second-order valence-electron chi connectivity index (χ2n) is 5.88. The van der Waals surface area contributed by atoms with E-state index in [1.165, 1.54) is 6.07 Å². The molecular formula is C16H22F2N2O. The van der Waals surface area contributed by atoms with E-state index in [0.717, 1.165) is 38.1 Å². The quantitative estimate of drug-likeness (QED) is 0.926. The third-order valence-corrected chi connectivity index (χ3v) is 4.25. The molecule has 1 aliphatic rings. The van der Waals surface area contributed by atoms with Crippen molar-refractivity contribution in [1.82, 2.24) is 10.2 Å². The fraction of sp³-hybridized carbons (Fsp3) is 0.562. The molecule has 1 N–H and O–H groups in total. The molecule has 0 unspecified atom stereocenters. The number of carbonyl (C=O) groups is 1. The molecule has 1 saturated heterocycles. The number of halogens is 2. The summed E-state index contributed by atoms with van der Waals surface area (Å²) in [4.78, 5) is 14.5. The molecule has 3 nitrogen and oxygen atoms in total. The highest BCUT2D eigenvalue weighted by molar-refractivity contribution is 5.82. The molecule has 1 amide bonds. The van der Waals surface area contributed by atoms with Crippen LogP contribution in [0.4, 0.5) is 8.78 Å². The molecule has 1 aromatic rings. The zero-order chi connectivity index (χ0) is 15.5. The minimum atomic E-state index is -0.871. The van der Waals surface area contributed by atoms with Gasteiger partial charge in [0.25, 0.3) is 0 Å². The molecule has 2 rings (SSSR count). The van der Waals surface area contributed by atoms with E-state index in [1.54, 1.807) is 4.90 Å². The molecule has 0 radical (unpaired) electrons. The lowest BCUT2D eigenvalue weighted by Gasteiger charge is -2.37. The molecule has 1 aliphatic heterocycles. The van der Waals surface area contributed by atoms with E-state index in [-0.39, 0.29) is 11.3 Å². The van der Waals surface area contributed by atoms with Gasteiger partial charge < -0.3 is 10.2 Å². The number of amides is 1. The summed E-state index contributed by atoms with van der Waals surface area (Å²) in [5.41, 5.74) is 0.251. The van der Waals surface area contributed by atoms with Crippen LogP contribution in [0.2, 0.25) is 0 Å². The molecule has 0 aromatic heterocycles. The maximum Gasteiger partial charge on any atom is 0.228 e. The van der Waals surface area contributed by atoms with Crippen molar-refractivity contribution in [2.45, 2.75) is 33.2 Å². The lowest BCUT2D eigenvalue weighted by atomic mass is 9.79. The molecule has 21 heavy (non-hydrogen) atoms. The number of nitrogens with one attached hydrogen (secondary N) is 1. The first-order valence-electron chi connectivity index (χ1n) is 7.40. The summed E-state index contributed by atoms with van der Waals surface area (Å²) < 4.78 is 26.2. The zero-order valence-corrected chi connectivity index (χ0v) is 12.6. The van der Waals surface area contributed by atoms with E-state index in [4.69, 9.17) is 0 Å². The maximum atomic E-state index is 13.3. The Bertz CT molecular complexity index is 513. The Morgan fingerprint density at radius 2 is 1.95 bits per heavy atom. The molecule has 1 fully saturated rings. The van der Waals surface area contributed by atoms with Gasteiger partial charge in [-0.25, -0.2) is 8.78 Å². The van der Waals surface area contributed by atoms with Crippen molar-refractivity contribution in [1.29, 1.82) is 0 Å². The number of piperidine rings is 1. The van der Waals surface area contributed by atoms with Gasteiger partial charge in [-0.05, 0) is 50.6 Å². The molecule has 0 saturated carbocycles. The number of benzene rings is 1. The fourth-order valence-electron chi connectivity index (χ4n) is 2.76. The molecule has 0 atom stereocenters. The highest BCUT2D eigenvalue weighted by atomic mass is 19.2. The number of rotatable bonds is 4. The van der Waals surface area contributed by atoms with Crippen molar-refractivity contribution in [2.24, 2.45) is 5.41 Å². The van der Waals surface area contributed by atoms with Crippen LogP contribution in [-0.4, -0.2) is 30.4 Å². The van der Waals surface area contributed by atoms with E-state index in [2.05, 4.69) is 5.32 Å². The van der Waals surface area contributed by atoms with Crippen LogP contribution in [0.15, 0.2) is 18.2 Å². The summed E-state index contributed by atoms with van der Waals surface area (Å²) in [6, 6.07) is 3.80. The van der Waals surface area contributed by atoms with Crippen molar-refractivity contribution in [3.63, 3.8) is 0 Å². The third-order valence-electron chi connectivity index (χ3n) is 4.25. The first-order chi connectivity index (χ1) is 9.96. The normalized spacial score (nSPS) is 17.5. The summed E-state index contributed by atoms with van der Waals surface area (Å²) in [6.45, 7) is 6.44. The number of hydrogen-bond acceptors (Lipinski definition) is 2. The summed E-state index contributed by atoms with van der Waals surface area (Å²) in [5, 5.41) is 3.25.